The van der Waals surface area contributed by atoms with Crippen molar-refractivity contribution in [3.63, 3.8) is 0 Å². The Labute approximate surface area is 179 Å². The van der Waals surface area contributed by atoms with Crippen LogP contribution in [0.5, 0.6) is 0 Å². The summed E-state index contributed by atoms with van der Waals surface area (Å²) in [5.41, 5.74) is 0. The molecule has 4 saturated heterocycles. The normalized spacial score (nSPS) is 59.8. The van der Waals surface area contributed by atoms with Gasteiger partial charge in [-0.2, -0.15) is 0 Å². The fourth-order valence-electron chi connectivity index (χ4n) is 4.36. The molecule has 4 unspecified atom stereocenters. The predicted molar refractivity (Wildman–Crippen MR) is 113 cm³/mol. The average molecular weight is 553 g/mol. The smallest absolute Gasteiger partial charge is 0.395 e. The molecule has 0 radical (unpaired) electrons. The third-order valence-electron chi connectivity index (χ3n) is 4.21. The number of hydrogen-bond donors (Lipinski definition) is 1. The van der Waals surface area contributed by atoms with Gasteiger partial charge >= 0.3 is 70.2 Å². The first-order valence-corrected chi connectivity index (χ1v) is 27.6. The lowest BCUT2D eigenvalue weighted by Gasteiger charge is -2.57. The highest BCUT2D eigenvalue weighted by Gasteiger charge is 2.74. The number of hydrogen-bond acceptors (Lipinski definition) is 12. The third kappa shape index (κ3) is 4.80. The van der Waals surface area contributed by atoms with Gasteiger partial charge in [0, 0.05) is 45.8 Å². The SMILES string of the molecule is C[Si]1(C)O[Si]2(C)O[Si]3(C)O[Si](C)(O)O[Si]4(C)O[Si](C)(O1)O[Si](C)(O2)O[Si](C)(O3)O4. The van der Waals surface area contributed by atoms with E-state index in [0.717, 1.165) is 0 Å². The zero-order valence-electron chi connectivity index (χ0n) is 17.9. The summed E-state index contributed by atoms with van der Waals surface area (Å²) in [6.07, 6.45) is 0. The molecular weight excluding hydrogens is 525 g/mol. The van der Waals surface area contributed by atoms with Crippen LogP contribution >= 0.6 is 0 Å². The van der Waals surface area contributed by atoms with Gasteiger partial charge in [-0.3, -0.25) is 0 Å². The fraction of sp³-hybridized carbons (Fsp3) is 1.00. The second-order valence-electron chi connectivity index (χ2n) is 8.59. The van der Waals surface area contributed by atoms with E-state index in [1.807, 2.05) is 13.1 Å². The highest BCUT2D eigenvalue weighted by molar-refractivity contribution is 7.00. The van der Waals surface area contributed by atoms with Crippen LogP contribution < -0.4 is 0 Å². The van der Waals surface area contributed by atoms with Crippen LogP contribution in [0.4, 0.5) is 0 Å². The van der Waals surface area contributed by atoms with E-state index in [9.17, 15) is 4.80 Å². The van der Waals surface area contributed by atoms with Crippen LogP contribution in [0.15, 0.2) is 0 Å². The van der Waals surface area contributed by atoms with Gasteiger partial charge in [-0.1, -0.05) is 0 Å². The Morgan fingerprint density at radius 1 is 0.345 bits per heavy atom. The van der Waals surface area contributed by atoms with Crippen molar-refractivity contribution in [2.75, 3.05) is 0 Å². The van der Waals surface area contributed by atoms with Crippen LogP contribution in [0.2, 0.25) is 58.9 Å². The minimum absolute atomic E-state index is 1.47. The van der Waals surface area contributed by atoms with Crippen molar-refractivity contribution in [3.05, 3.63) is 0 Å². The van der Waals surface area contributed by atoms with E-state index in [1.165, 1.54) is 6.55 Å². The summed E-state index contributed by atoms with van der Waals surface area (Å²) < 4.78 is 69.3. The summed E-state index contributed by atoms with van der Waals surface area (Å²) in [7, 11) is -27.6. The van der Waals surface area contributed by atoms with Gasteiger partial charge in [-0.25, -0.2) is 0 Å². The molecule has 4 aliphatic heterocycles. The number of rotatable bonds is 0. The first kappa shape index (κ1) is 23.4. The molecule has 4 rings (SSSR count). The molecule has 0 aliphatic carbocycles. The molecule has 4 atom stereocenters. The second kappa shape index (κ2) is 6.43. The molecule has 29 heavy (non-hydrogen) atoms. The molecule has 4 heterocycles. The minimum Gasteiger partial charge on any atom is -0.395 e. The van der Waals surface area contributed by atoms with Crippen LogP contribution in [-0.2, 0) is 45.3 Å². The molecule has 20 heteroatoms. The zero-order chi connectivity index (χ0) is 21.8. The summed E-state index contributed by atoms with van der Waals surface area (Å²) in [5.74, 6) is 0. The molecule has 0 aromatic rings. The first-order chi connectivity index (χ1) is 12.8. The van der Waals surface area contributed by atoms with Gasteiger partial charge in [0.1, 0.15) is 0 Å². The zero-order valence-corrected chi connectivity index (χ0v) is 25.9. The largest absolute Gasteiger partial charge is 0.480 e. The summed E-state index contributed by atoms with van der Waals surface area (Å²) in [4.78, 5) is 11.0. The Morgan fingerprint density at radius 2 is 0.552 bits per heavy atom. The summed E-state index contributed by atoms with van der Waals surface area (Å²) in [5, 5.41) is 0. The Hall–Kier alpha value is 1.26. The Bertz CT molecular complexity index is 614. The molecule has 12 nitrogen and oxygen atoms in total. The second-order valence-corrected chi connectivity index (χ2v) is 32.5. The monoisotopic (exact) mass is 552 g/mol. The quantitative estimate of drug-likeness (QED) is 0.430. The van der Waals surface area contributed by atoms with Crippen molar-refractivity contribution in [1.29, 1.82) is 0 Å². The molecule has 4 aliphatic rings. The van der Waals surface area contributed by atoms with Crippen molar-refractivity contribution in [3.8, 4) is 0 Å². The lowest BCUT2D eigenvalue weighted by molar-refractivity contribution is 0.0117. The van der Waals surface area contributed by atoms with E-state index >= 15 is 0 Å². The van der Waals surface area contributed by atoms with Crippen LogP contribution in [0.1, 0.15) is 0 Å². The Kier molecular flexibility index (Phi) is 5.19. The lowest BCUT2D eigenvalue weighted by atomic mass is 11.9. The first-order valence-electron chi connectivity index (χ1n) is 9.21. The van der Waals surface area contributed by atoms with Gasteiger partial charge in [-0.05, 0) is 13.1 Å². The van der Waals surface area contributed by atoms with Crippen LogP contribution in [0.25, 0.3) is 0 Å². The van der Waals surface area contributed by atoms with E-state index in [-0.39, 0.29) is 0 Å². The number of fused-ring (bicyclic) bond motifs is 4. The van der Waals surface area contributed by atoms with Crippen molar-refractivity contribution in [2.45, 2.75) is 58.9 Å². The van der Waals surface area contributed by atoms with Crippen molar-refractivity contribution < 1.29 is 50.1 Å². The highest BCUT2D eigenvalue weighted by Crippen LogP contribution is 2.44. The fourth-order valence-corrected chi connectivity index (χ4v) is 46.7. The lowest BCUT2D eigenvalue weighted by Crippen LogP contribution is -2.82. The van der Waals surface area contributed by atoms with Crippen LogP contribution in [0, 0.1) is 0 Å². The predicted octanol–water partition coefficient (Wildman–Crippen LogP) is 0.898. The van der Waals surface area contributed by atoms with E-state index in [1.54, 1.807) is 39.3 Å². The molecule has 0 saturated carbocycles. The molecule has 0 aromatic carbocycles. The maximum atomic E-state index is 11.0. The molecule has 6 bridgehead atoms. The van der Waals surface area contributed by atoms with Crippen molar-refractivity contribution >= 4 is 70.2 Å². The molecule has 4 fully saturated rings. The van der Waals surface area contributed by atoms with E-state index in [4.69, 9.17) is 45.3 Å². The molecule has 168 valence electrons. The van der Waals surface area contributed by atoms with Gasteiger partial charge in [0.05, 0.1) is 0 Å². The maximum Gasteiger partial charge on any atom is 0.480 e. The summed E-state index contributed by atoms with van der Waals surface area (Å²) in [6, 6.07) is 0. The van der Waals surface area contributed by atoms with Crippen molar-refractivity contribution in [1.82, 2.24) is 0 Å². The standard InChI is InChI=1S/C9H28O12Si8/c1-22(2)11-24(4)15-26(6)13-23(3,10)14-27(7)16-25(5,12-22)18-28(8,17-24)21-29(9,19-26)20-27/h10H,1-9H3. The Morgan fingerprint density at radius 3 is 0.828 bits per heavy atom. The molecule has 1 N–H and O–H groups in total. The molecular formula is C9H28O12Si8. The topological polar surface area (TPSA) is 122 Å². The van der Waals surface area contributed by atoms with Gasteiger partial charge in [0.15, 0.2) is 0 Å². The van der Waals surface area contributed by atoms with Gasteiger partial charge in [0.2, 0.25) is 0 Å². The molecule has 0 spiro atoms. The van der Waals surface area contributed by atoms with Crippen LogP contribution in [0.3, 0.4) is 0 Å². The van der Waals surface area contributed by atoms with Crippen molar-refractivity contribution in [2.24, 2.45) is 0 Å². The maximum absolute atomic E-state index is 11.0. The third-order valence-corrected chi connectivity index (χ3v) is 37.9. The van der Waals surface area contributed by atoms with Crippen LogP contribution in [-0.4, -0.2) is 75.0 Å². The van der Waals surface area contributed by atoms with Gasteiger partial charge in [0.25, 0.3) is 0 Å². The van der Waals surface area contributed by atoms with E-state index in [2.05, 4.69) is 0 Å². The van der Waals surface area contributed by atoms with E-state index in [0.29, 0.717) is 0 Å². The summed E-state index contributed by atoms with van der Waals surface area (Å²) >= 11 is 0. The van der Waals surface area contributed by atoms with Gasteiger partial charge in [-0.15, -0.1) is 0 Å². The average Bonchev–Trinajstić information content (AvgIpc) is 2.22. The molecule has 0 aromatic heterocycles. The summed E-state index contributed by atoms with van der Waals surface area (Å²) in [6.45, 7) is 15.4. The molecule has 0 amide bonds. The Balaban J connectivity index is 1.95. The minimum atomic E-state index is -3.79. The highest BCUT2D eigenvalue weighted by atomic mass is 28.6. The van der Waals surface area contributed by atoms with E-state index < -0.39 is 70.2 Å². The van der Waals surface area contributed by atoms with Gasteiger partial charge < -0.3 is 50.1 Å².